The van der Waals surface area contributed by atoms with Crippen LogP contribution in [0.3, 0.4) is 0 Å². The van der Waals surface area contributed by atoms with Gasteiger partial charge in [-0.05, 0) is 31.2 Å². The number of benzene rings is 2. The number of nitrogens with zero attached hydrogens (tertiary/aromatic N) is 2. The molecule has 0 atom stereocenters. The van der Waals surface area contributed by atoms with Crippen LogP contribution in [0.2, 0.25) is 5.02 Å². The number of halogens is 1. The zero-order valence-corrected chi connectivity index (χ0v) is 11.3. The highest BCUT2D eigenvalue weighted by Gasteiger charge is 2.03. The van der Waals surface area contributed by atoms with Gasteiger partial charge in [0.15, 0.2) is 0 Å². The first-order valence-corrected chi connectivity index (χ1v) is 6.27. The lowest BCUT2D eigenvalue weighted by Crippen LogP contribution is -1.93. The number of ether oxygens (including phenoxy) is 1. The summed E-state index contributed by atoms with van der Waals surface area (Å²) in [4.78, 5) is 0. The summed E-state index contributed by atoms with van der Waals surface area (Å²) in [6.45, 7) is 2.44. The van der Waals surface area contributed by atoms with Crippen LogP contribution in [0, 0.1) is 0 Å². The first-order chi connectivity index (χ1) is 9.20. The molecule has 0 aliphatic rings. The van der Waals surface area contributed by atoms with E-state index in [4.69, 9.17) is 22.1 Å². The maximum atomic E-state index is 6.01. The molecule has 2 rings (SSSR count). The van der Waals surface area contributed by atoms with Crippen molar-refractivity contribution in [3.05, 3.63) is 47.5 Å². The molecular weight excluding hydrogens is 262 g/mol. The van der Waals surface area contributed by atoms with Gasteiger partial charge in [0.2, 0.25) is 0 Å². The highest BCUT2D eigenvalue weighted by atomic mass is 35.5. The molecule has 0 heterocycles. The van der Waals surface area contributed by atoms with E-state index in [0.717, 1.165) is 0 Å². The van der Waals surface area contributed by atoms with Gasteiger partial charge < -0.3 is 10.5 Å². The molecule has 0 aromatic heterocycles. The van der Waals surface area contributed by atoms with Crippen LogP contribution in [-0.4, -0.2) is 6.61 Å². The van der Waals surface area contributed by atoms with Crippen molar-refractivity contribution in [3.8, 4) is 5.75 Å². The summed E-state index contributed by atoms with van der Waals surface area (Å²) < 4.78 is 5.47. The molecule has 2 aromatic carbocycles. The van der Waals surface area contributed by atoms with Crippen LogP contribution in [0.5, 0.6) is 5.75 Å². The number of nitrogens with two attached hydrogens (primary N) is 1. The maximum Gasteiger partial charge on any atom is 0.148 e. The van der Waals surface area contributed by atoms with E-state index in [1.807, 2.05) is 19.1 Å². The van der Waals surface area contributed by atoms with Crippen molar-refractivity contribution in [3.63, 3.8) is 0 Å². The van der Waals surface area contributed by atoms with Gasteiger partial charge in [0, 0.05) is 11.8 Å². The van der Waals surface area contributed by atoms with Crippen LogP contribution < -0.4 is 10.5 Å². The van der Waals surface area contributed by atoms with Crippen LogP contribution in [0.1, 0.15) is 6.92 Å². The van der Waals surface area contributed by atoms with Gasteiger partial charge in [0.05, 0.1) is 11.6 Å². The molecule has 2 aromatic rings. The van der Waals surface area contributed by atoms with Gasteiger partial charge in [-0.15, -0.1) is 10.2 Å². The van der Waals surface area contributed by atoms with Crippen molar-refractivity contribution in [1.82, 2.24) is 0 Å². The third-order valence-corrected chi connectivity index (χ3v) is 2.72. The summed E-state index contributed by atoms with van der Waals surface area (Å²) in [7, 11) is 0. The lowest BCUT2D eigenvalue weighted by Gasteiger charge is -2.06. The molecule has 98 valence electrons. The van der Waals surface area contributed by atoms with E-state index in [-0.39, 0.29) is 0 Å². The molecule has 0 fully saturated rings. The minimum atomic E-state index is 0.540. The molecule has 0 aliphatic heterocycles. The van der Waals surface area contributed by atoms with Crippen molar-refractivity contribution in [1.29, 1.82) is 0 Å². The molecule has 0 saturated heterocycles. The third kappa shape index (κ3) is 3.45. The van der Waals surface area contributed by atoms with Gasteiger partial charge in [-0.1, -0.05) is 23.7 Å². The number of hydrogen-bond donors (Lipinski definition) is 1. The van der Waals surface area contributed by atoms with Crippen LogP contribution >= 0.6 is 11.6 Å². The second-order valence-corrected chi connectivity index (χ2v) is 4.22. The Morgan fingerprint density at radius 3 is 2.58 bits per heavy atom. The lowest BCUT2D eigenvalue weighted by atomic mass is 10.2. The fourth-order valence-corrected chi connectivity index (χ4v) is 1.70. The van der Waals surface area contributed by atoms with Crippen LogP contribution in [0.15, 0.2) is 52.7 Å². The Kier molecular flexibility index (Phi) is 4.36. The second-order valence-electron chi connectivity index (χ2n) is 3.81. The highest BCUT2D eigenvalue weighted by molar-refractivity contribution is 6.32. The van der Waals surface area contributed by atoms with Crippen molar-refractivity contribution < 1.29 is 4.74 Å². The smallest absolute Gasteiger partial charge is 0.148 e. The van der Waals surface area contributed by atoms with Crippen molar-refractivity contribution in [2.75, 3.05) is 12.3 Å². The summed E-state index contributed by atoms with van der Waals surface area (Å²) in [5, 5.41) is 8.83. The zero-order valence-electron chi connectivity index (χ0n) is 10.5. The van der Waals surface area contributed by atoms with Gasteiger partial charge >= 0.3 is 0 Å². The first kappa shape index (κ1) is 13.4. The number of anilines is 1. The summed E-state index contributed by atoms with van der Waals surface area (Å²) in [6.07, 6.45) is 0. The molecule has 0 amide bonds. The molecule has 0 aliphatic carbocycles. The Bertz CT molecular complexity index is 599. The molecule has 4 nitrogen and oxygen atoms in total. The molecule has 5 heteroatoms. The van der Waals surface area contributed by atoms with Crippen LogP contribution in [0.4, 0.5) is 17.1 Å². The minimum Gasteiger partial charge on any atom is -0.491 e. The monoisotopic (exact) mass is 275 g/mol. The standard InChI is InChI=1S/C14H14ClN3O/c1-2-19-14-9-10(16)7-8-13(14)18-17-12-6-4-3-5-11(12)15/h3-9H,2,16H2,1H3/b18-17+. The van der Waals surface area contributed by atoms with E-state index in [2.05, 4.69) is 10.2 Å². The van der Waals surface area contributed by atoms with Gasteiger partial charge in [0.25, 0.3) is 0 Å². The fraction of sp³-hybridized carbons (Fsp3) is 0.143. The Hall–Kier alpha value is -2.07. The molecule has 19 heavy (non-hydrogen) atoms. The number of nitrogen functional groups attached to an aromatic ring is 1. The molecule has 0 saturated carbocycles. The Labute approximate surface area is 116 Å². The quantitative estimate of drug-likeness (QED) is 0.647. The van der Waals surface area contributed by atoms with Crippen molar-refractivity contribution in [2.45, 2.75) is 6.92 Å². The maximum absolute atomic E-state index is 6.01. The number of azo groups is 1. The average molecular weight is 276 g/mol. The molecule has 0 radical (unpaired) electrons. The van der Waals surface area contributed by atoms with Gasteiger partial charge in [-0.25, -0.2) is 0 Å². The second kappa shape index (κ2) is 6.20. The molecule has 0 spiro atoms. The van der Waals surface area contributed by atoms with Crippen LogP contribution in [0.25, 0.3) is 0 Å². The predicted molar refractivity (Wildman–Crippen MR) is 77.7 cm³/mol. The molecular formula is C14H14ClN3O. The summed E-state index contributed by atoms with van der Waals surface area (Å²) in [6, 6.07) is 12.5. The third-order valence-electron chi connectivity index (χ3n) is 2.40. The summed E-state index contributed by atoms with van der Waals surface area (Å²) in [5.41, 5.74) is 7.58. The highest BCUT2D eigenvalue weighted by Crippen LogP contribution is 2.32. The van der Waals surface area contributed by atoms with Crippen LogP contribution in [-0.2, 0) is 0 Å². The first-order valence-electron chi connectivity index (χ1n) is 5.89. The largest absolute Gasteiger partial charge is 0.491 e. The number of rotatable bonds is 4. The van der Waals surface area contributed by atoms with E-state index in [1.54, 1.807) is 30.3 Å². The normalized spacial score (nSPS) is 10.8. The van der Waals surface area contributed by atoms with E-state index < -0.39 is 0 Å². The average Bonchev–Trinajstić information content (AvgIpc) is 2.40. The molecule has 0 unspecified atom stereocenters. The predicted octanol–water partition coefficient (Wildman–Crippen LogP) is 4.74. The Morgan fingerprint density at radius 2 is 1.84 bits per heavy atom. The summed E-state index contributed by atoms with van der Waals surface area (Å²) >= 11 is 6.01. The molecule has 2 N–H and O–H groups in total. The van der Waals surface area contributed by atoms with Crippen molar-refractivity contribution in [2.24, 2.45) is 10.2 Å². The van der Waals surface area contributed by atoms with E-state index >= 15 is 0 Å². The summed E-state index contributed by atoms with van der Waals surface area (Å²) in [5.74, 6) is 0.610. The van der Waals surface area contributed by atoms with Gasteiger partial charge in [0.1, 0.15) is 17.1 Å². The lowest BCUT2D eigenvalue weighted by molar-refractivity contribution is 0.341. The topological polar surface area (TPSA) is 60.0 Å². The zero-order chi connectivity index (χ0) is 13.7. The molecule has 0 bridgehead atoms. The fourth-order valence-electron chi connectivity index (χ4n) is 1.53. The SMILES string of the molecule is CCOc1cc(N)ccc1/N=N/c1ccccc1Cl. The Morgan fingerprint density at radius 1 is 1.11 bits per heavy atom. The number of hydrogen-bond acceptors (Lipinski definition) is 4. The van der Waals surface area contributed by atoms with E-state index in [1.165, 1.54) is 0 Å². The van der Waals surface area contributed by atoms with E-state index in [9.17, 15) is 0 Å². The van der Waals surface area contributed by atoms with Gasteiger partial charge in [-0.3, -0.25) is 0 Å². The van der Waals surface area contributed by atoms with E-state index in [0.29, 0.717) is 34.4 Å². The van der Waals surface area contributed by atoms with Gasteiger partial charge in [-0.2, -0.15) is 0 Å². The van der Waals surface area contributed by atoms with Crippen molar-refractivity contribution >= 4 is 28.7 Å². The Balaban J connectivity index is 2.30. The minimum absolute atomic E-state index is 0.540.